The third-order valence-corrected chi connectivity index (χ3v) is 2.52. The molecule has 1 rings (SSSR count). The molecule has 80 valence electrons. The summed E-state index contributed by atoms with van der Waals surface area (Å²) >= 11 is 0. The highest BCUT2D eigenvalue weighted by Crippen LogP contribution is 2.10. The molecule has 3 heteroatoms. The van der Waals surface area contributed by atoms with E-state index in [2.05, 4.69) is 5.32 Å². The Bertz CT molecular complexity index is 279. The molecule has 0 aliphatic heterocycles. The van der Waals surface area contributed by atoms with E-state index in [9.17, 15) is 5.11 Å². The molecule has 1 unspecified atom stereocenters. The van der Waals surface area contributed by atoms with Gasteiger partial charge in [0.2, 0.25) is 0 Å². The highest BCUT2D eigenvalue weighted by atomic mass is 16.3. The van der Waals surface area contributed by atoms with Crippen LogP contribution >= 0.6 is 0 Å². The molecule has 0 aliphatic rings. The van der Waals surface area contributed by atoms with Crippen molar-refractivity contribution in [2.45, 2.75) is 39.3 Å². The molecule has 0 aromatic carbocycles. The smallest absolute Gasteiger partial charge is 0.120 e. The Morgan fingerprint density at radius 3 is 2.79 bits per heavy atom. The summed E-state index contributed by atoms with van der Waals surface area (Å²) in [5.41, 5.74) is 0.522. The monoisotopic (exact) mass is 197 g/mol. The van der Waals surface area contributed by atoms with Gasteiger partial charge in [-0.3, -0.25) is 0 Å². The Morgan fingerprint density at radius 1 is 1.57 bits per heavy atom. The first-order valence-corrected chi connectivity index (χ1v) is 5.01. The van der Waals surface area contributed by atoms with E-state index in [0.717, 1.165) is 17.7 Å². The Balaban J connectivity index is 2.32. The summed E-state index contributed by atoms with van der Waals surface area (Å²) in [5.74, 6) is 0.942. The lowest BCUT2D eigenvalue weighted by Crippen LogP contribution is -2.36. The van der Waals surface area contributed by atoms with Crippen molar-refractivity contribution in [1.82, 2.24) is 5.32 Å². The minimum atomic E-state index is -0.625. The lowest BCUT2D eigenvalue weighted by Gasteiger charge is -2.21. The predicted molar refractivity (Wildman–Crippen MR) is 56.1 cm³/mol. The van der Waals surface area contributed by atoms with Gasteiger partial charge in [0.05, 0.1) is 18.4 Å². The van der Waals surface area contributed by atoms with Crippen molar-refractivity contribution >= 4 is 0 Å². The fraction of sp³-hybridized carbons (Fsp3) is 0.636. The van der Waals surface area contributed by atoms with E-state index in [1.54, 1.807) is 6.26 Å². The molecule has 0 fully saturated rings. The number of nitrogens with one attached hydrogen (secondary N) is 1. The highest BCUT2D eigenvalue weighted by molar-refractivity contribution is 5.14. The lowest BCUT2D eigenvalue weighted by molar-refractivity contribution is 0.0551. The molecule has 0 spiro atoms. The van der Waals surface area contributed by atoms with Crippen LogP contribution in [0.5, 0.6) is 0 Å². The zero-order chi connectivity index (χ0) is 10.6. The molecule has 3 nitrogen and oxygen atoms in total. The molecule has 2 N–H and O–H groups in total. The summed E-state index contributed by atoms with van der Waals surface area (Å²) < 4.78 is 5.27. The third-order valence-electron chi connectivity index (χ3n) is 2.52. The van der Waals surface area contributed by atoms with Crippen LogP contribution < -0.4 is 5.32 Å². The molecule has 0 saturated carbocycles. The van der Waals surface area contributed by atoms with E-state index in [1.807, 2.05) is 26.8 Å². The summed E-state index contributed by atoms with van der Waals surface area (Å²) in [6, 6.07) is 1.94. The van der Waals surface area contributed by atoms with Gasteiger partial charge in [-0.25, -0.2) is 0 Å². The van der Waals surface area contributed by atoms with Gasteiger partial charge in [0.1, 0.15) is 5.76 Å². The summed E-state index contributed by atoms with van der Waals surface area (Å²) in [6.07, 6.45) is 2.43. The molecule has 1 aromatic rings. The van der Waals surface area contributed by atoms with Gasteiger partial charge in [0, 0.05) is 6.54 Å². The van der Waals surface area contributed by atoms with Gasteiger partial charge in [-0.2, -0.15) is 0 Å². The van der Waals surface area contributed by atoms with Gasteiger partial charge in [0.25, 0.3) is 0 Å². The molecular weight excluding hydrogens is 178 g/mol. The Labute approximate surface area is 85.1 Å². The summed E-state index contributed by atoms with van der Waals surface area (Å²) in [4.78, 5) is 0. The van der Waals surface area contributed by atoms with E-state index in [-0.39, 0.29) is 0 Å². The van der Waals surface area contributed by atoms with Crippen LogP contribution in [0.4, 0.5) is 0 Å². The van der Waals surface area contributed by atoms with E-state index in [1.165, 1.54) is 0 Å². The molecule has 0 amide bonds. The molecule has 1 atom stereocenters. The lowest BCUT2D eigenvalue weighted by atomic mass is 10.0. The Kier molecular flexibility index (Phi) is 3.72. The maximum atomic E-state index is 9.73. The molecule has 0 saturated heterocycles. The van der Waals surface area contributed by atoms with E-state index in [4.69, 9.17) is 4.42 Å². The maximum Gasteiger partial charge on any atom is 0.120 e. The van der Waals surface area contributed by atoms with Crippen molar-refractivity contribution in [2.75, 3.05) is 6.54 Å². The average Bonchev–Trinajstić information content (AvgIpc) is 2.52. The summed E-state index contributed by atoms with van der Waals surface area (Å²) in [7, 11) is 0. The summed E-state index contributed by atoms with van der Waals surface area (Å²) in [6.45, 7) is 7.08. The SMILES string of the molecule is CCC(C)(O)CNCc1occc1C. The number of rotatable bonds is 5. The zero-order valence-electron chi connectivity index (χ0n) is 9.13. The standard InChI is InChI=1S/C11H19NO2/c1-4-11(3,13)8-12-7-10-9(2)5-6-14-10/h5-6,12-13H,4,7-8H2,1-3H3. The first kappa shape index (κ1) is 11.3. The van der Waals surface area contributed by atoms with Gasteiger partial charge in [0.15, 0.2) is 0 Å². The van der Waals surface area contributed by atoms with Crippen molar-refractivity contribution in [3.8, 4) is 0 Å². The average molecular weight is 197 g/mol. The van der Waals surface area contributed by atoms with Gasteiger partial charge >= 0.3 is 0 Å². The quantitative estimate of drug-likeness (QED) is 0.757. The van der Waals surface area contributed by atoms with Crippen LogP contribution in [0.25, 0.3) is 0 Å². The molecule has 14 heavy (non-hydrogen) atoms. The number of aryl methyl sites for hydroxylation is 1. The zero-order valence-corrected chi connectivity index (χ0v) is 9.13. The van der Waals surface area contributed by atoms with Gasteiger partial charge in [-0.15, -0.1) is 0 Å². The third kappa shape index (κ3) is 3.16. The van der Waals surface area contributed by atoms with Crippen molar-refractivity contribution in [3.63, 3.8) is 0 Å². The van der Waals surface area contributed by atoms with Crippen LogP contribution in [0.1, 0.15) is 31.6 Å². The predicted octanol–water partition coefficient (Wildman–Crippen LogP) is 1.84. The van der Waals surface area contributed by atoms with Gasteiger partial charge < -0.3 is 14.8 Å². The first-order chi connectivity index (χ1) is 6.55. The molecule has 1 heterocycles. The minimum Gasteiger partial charge on any atom is -0.468 e. The van der Waals surface area contributed by atoms with Crippen molar-refractivity contribution < 1.29 is 9.52 Å². The largest absolute Gasteiger partial charge is 0.468 e. The van der Waals surface area contributed by atoms with Gasteiger partial charge in [-0.05, 0) is 31.9 Å². The van der Waals surface area contributed by atoms with E-state index in [0.29, 0.717) is 13.1 Å². The topological polar surface area (TPSA) is 45.4 Å². The van der Waals surface area contributed by atoms with Crippen LogP contribution in [-0.4, -0.2) is 17.3 Å². The second-order valence-corrected chi connectivity index (χ2v) is 3.98. The Morgan fingerprint density at radius 2 is 2.29 bits per heavy atom. The second kappa shape index (κ2) is 4.62. The van der Waals surface area contributed by atoms with Crippen LogP contribution in [0.2, 0.25) is 0 Å². The van der Waals surface area contributed by atoms with Crippen LogP contribution in [-0.2, 0) is 6.54 Å². The van der Waals surface area contributed by atoms with Crippen molar-refractivity contribution in [2.24, 2.45) is 0 Å². The molecule has 0 radical (unpaired) electrons. The molecule has 1 aromatic heterocycles. The normalized spacial score (nSPS) is 15.4. The first-order valence-electron chi connectivity index (χ1n) is 5.01. The van der Waals surface area contributed by atoms with Crippen LogP contribution in [0.15, 0.2) is 16.7 Å². The molecule has 0 aliphatic carbocycles. The molecular formula is C11H19NO2. The fourth-order valence-electron chi connectivity index (χ4n) is 1.16. The number of hydrogen-bond donors (Lipinski definition) is 2. The second-order valence-electron chi connectivity index (χ2n) is 3.98. The van der Waals surface area contributed by atoms with E-state index < -0.39 is 5.60 Å². The maximum absolute atomic E-state index is 9.73. The molecule has 0 bridgehead atoms. The fourth-order valence-corrected chi connectivity index (χ4v) is 1.16. The number of aliphatic hydroxyl groups is 1. The Hall–Kier alpha value is -0.800. The van der Waals surface area contributed by atoms with E-state index >= 15 is 0 Å². The van der Waals surface area contributed by atoms with Crippen LogP contribution in [0, 0.1) is 6.92 Å². The number of furan rings is 1. The highest BCUT2D eigenvalue weighted by Gasteiger charge is 2.16. The summed E-state index contributed by atoms with van der Waals surface area (Å²) in [5, 5.41) is 12.9. The van der Waals surface area contributed by atoms with Gasteiger partial charge in [-0.1, -0.05) is 6.92 Å². The van der Waals surface area contributed by atoms with Crippen molar-refractivity contribution in [3.05, 3.63) is 23.7 Å². The number of hydrogen-bond acceptors (Lipinski definition) is 3. The minimum absolute atomic E-state index is 0.587. The van der Waals surface area contributed by atoms with Crippen LogP contribution in [0.3, 0.4) is 0 Å². The van der Waals surface area contributed by atoms with Crippen molar-refractivity contribution in [1.29, 1.82) is 0 Å².